The van der Waals surface area contributed by atoms with Crippen molar-refractivity contribution < 1.29 is 9.59 Å². The van der Waals surface area contributed by atoms with E-state index in [-0.39, 0.29) is 18.3 Å². The number of nitrogens with two attached hydrogens (primary N) is 2. The molecule has 7 heteroatoms. The molecule has 2 aliphatic rings. The molecule has 1 aliphatic carbocycles. The number of primary amides is 1. The molecule has 0 unspecified atom stereocenters. The average Bonchev–Trinajstić information content (AvgIpc) is 3.27. The van der Waals surface area contributed by atoms with E-state index in [2.05, 4.69) is 10.2 Å². The van der Waals surface area contributed by atoms with Crippen LogP contribution in [0.5, 0.6) is 0 Å². The number of benzene rings is 1. The molecule has 2 amide bonds. The summed E-state index contributed by atoms with van der Waals surface area (Å²) >= 11 is 0. The Balaban J connectivity index is 0.00000192. The number of carbonyl (C=O) groups is 2. The van der Waals surface area contributed by atoms with Crippen molar-refractivity contribution in [3.63, 3.8) is 0 Å². The number of halogens is 1. The molecule has 6 nitrogen and oxygen atoms in total. The van der Waals surface area contributed by atoms with Crippen LogP contribution in [0.3, 0.4) is 0 Å². The average molecular weight is 339 g/mol. The molecule has 2 fully saturated rings. The van der Waals surface area contributed by atoms with Crippen LogP contribution >= 0.6 is 12.4 Å². The lowest BCUT2D eigenvalue weighted by Gasteiger charge is -2.30. The maximum absolute atomic E-state index is 12.1. The van der Waals surface area contributed by atoms with Crippen LogP contribution in [0.4, 0.5) is 11.4 Å². The lowest BCUT2D eigenvalue weighted by atomic mass is 10.1. The van der Waals surface area contributed by atoms with Gasteiger partial charge >= 0.3 is 0 Å². The Bertz CT molecular complexity index is 610. The first-order chi connectivity index (χ1) is 10.5. The molecule has 1 saturated heterocycles. The van der Waals surface area contributed by atoms with Crippen LogP contribution in [-0.2, 0) is 4.79 Å². The van der Waals surface area contributed by atoms with Gasteiger partial charge in [0.1, 0.15) is 0 Å². The lowest BCUT2D eigenvalue weighted by molar-refractivity contribution is -0.118. The van der Waals surface area contributed by atoms with Gasteiger partial charge in [0.15, 0.2) is 0 Å². The standard InChI is InChI=1S/C16H22N4O2.ClH/c17-14(21)12-5-4-11(19-15(22)16(18)6-7-16)10-13(12)20-8-2-1-3-9-20;/h4-5,10H,1-3,6-9,18H2,(H2,17,21)(H,19,22);1H. The topological polar surface area (TPSA) is 101 Å². The van der Waals surface area contributed by atoms with E-state index in [0.717, 1.165) is 44.5 Å². The third kappa shape index (κ3) is 3.76. The minimum Gasteiger partial charge on any atom is -0.371 e. The Hall–Kier alpha value is -1.79. The number of anilines is 2. The maximum Gasteiger partial charge on any atom is 0.250 e. The van der Waals surface area contributed by atoms with Gasteiger partial charge in [-0.1, -0.05) is 0 Å². The molecule has 1 heterocycles. The van der Waals surface area contributed by atoms with Crippen LogP contribution in [0.15, 0.2) is 18.2 Å². The van der Waals surface area contributed by atoms with E-state index < -0.39 is 11.4 Å². The smallest absolute Gasteiger partial charge is 0.250 e. The van der Waals surface area contributed by atoms with Gasteiger partial charge in [-0.05, 0) is 50.3 Å². The second-order valence-corrected chi connectivity index (χ2v) is 6.25. The molecule has 1 aliphatic heterocycles. The number of nitrogens with one attached hydrogen (secondary N) is 1. The number of nitrogens with zero attached hydrogens (tertiary/aromatic N) is 1. The summed E-state index contributed by atoms with van der Waals surface area (Å²) in [5, 5.41) is 2.85. The van der Waals surface area contributed by atoms with Gasteiger partial charge in [-0.2, -0.15) is 0 Å². The van der Waals surface area contributed by atoms with Crippen LogP contribution in [0.25, 0.3) is 0 Å². The van der Waals surface area contributed by atoms with Gasteiger partial charge in [-0.25, -0.2) is 0 Å². The number of amides is 2. The summed E-state index contributed by atoms with van der Waals surface area (Å²) in [7, 11) is 0. The Labute approximate surface area is 142 Å². The summed E-state index contributed by atoms with van der Waals surface area (Å²) in [4.78, 5) is 25.9. The number of hydrogen-bond donors (Lipinski definition) is 3. The Kier molecular flexibility index (Phi) is 5.16. The summed E-state index contributed by atoms with van der Waals surface area (Å²) in [6.45, 7) is 1.80. The Morgan fingerprint density at radius 2 is 1.78 bits per heavy atom. The molecule has 0 bridgehead atoms. The van der Waals surface area contributed by atoms with Gasteiger partial charge in [-0.3, -0.25) is 9.59 Å². The molecular weight excluding hydrogens is 316 g/mol. The van der Waals surface area contributed by atoms with Crippen LogP contribution in [-0.4, -0.2) is 30.4 Å². The predicted octanol–water partition coefficient (Wildman–Crippen LogP) is 1.63. The molecule has 23 heavy (non-hydrogen) atoms. The van der Waals surface area contributed by atoms with Gasteiger partial charge in [0, 0.05) is 18.8 Å². The molecule has 5 N–H and O–H groups in total. The van der Waals surface area contributed by atoms with E-state index >= 15 is 0 Å². The Morgan fingerprint density at radius 1 is 1.13 bits per heavy atom. The highest BCUT2D eigenvalue weighted by Gasteiger charge is 2.46. The fourth-order valence-corrected chi connectivity index (χ4v) is 2.83. The van der Waals surface area contributed by atoms with Crippen molar-refractivity contribution in [2.75, 3.05) is 23.3 Å². The number of carbonyl (C=O) groups excluding carboxylic acids is 2. The second kappa shape index (κ2) is 6.76. The number of rotatable bonds is 4. The molecule has 0 aromatic heterocycles. The summed E-state index contributed by atoms with van der Waals surface area (Å²) < 4.78 is 0. The van der Waals surface area contributed by atoms with E-state index in [9.17, 15) is 9.59 Å². The maximum atomic E-state index is 12.1. The molecule has 1 saturated carbocycles. The predicted molar refractivity (Wildman–Crippen MR) is 93.1 cm³/mol. The quantitative estimate of drug-likeness (QED) is 0.776. The fraction of sp³-hybridized carbons (Fsp3) is 0.500. The van der Waals surface area contributed by atoms with Crippen molar-refractivity contribution in [2.24, 2.45) is 11.5 Å². The first-order valence-electron chi connectivity index (χ1n) is 7.79. The SMILES string of the molecule is Cl.NC(=O)c1ccc(NC(=O)C2(N)CC2)cc1N1CCCCC1. The molecular formula is C16H23ClN4O2. The van der Waals surface area contributed by atoms with Gasteiger partial charge in [-0.15, -0.1) is 12.4 Å². The van der Waals surface area contributed by atoms with E-state index in [1.807, 2.05) is 6.07 Å². The van der Waals surface area contributed by atoms with Crippen molar-refractivity contribution in [3.05, 3.63) is 23.8 Å². The van der Waals surface area contributed by atoms with Crippen LogP contribution in [0.1, 0.15) is 42.5 Å². The largest absolute Gasteiger partial charge is 0.371 e. The van der Waals surface area contributed by atoms with Gasteiger partial charge in [0.05, 0.1) is 16.8 Å². The van der Waals surface area contributed by atoms with E-state index in [0.29, 0.717) is 11.3 Å². The van der Waals surface area contributed by atoms with Crippen molar-refractivity contribution in [1.29, 1.82) is 0 Å². The van der Waals surface area contributed by atoms with Gasteiger partial charge in [0.25, 0.3) is 5.91 Å². The Morgan fingerprint density at radius 3 is 2.35 bits per heavy atom. The third-order valence-corrected chi connectivity index (χ3v) is 4.46. The normalized spacial score (nSPS) is 18.7. The summed E-state index contributed by atoms with van der Waals surface area (Å²) in [6.07, 6.45) is 4.84. The summed E-state index contributed by atoms with van der Waals surface area (Å²) in [5.74, 6) is -0.611. The van der Waals surface area contributed by atoms with Crippen LogP contribution in [0, 0.1) is 0 Å². The highest BCUT2D eigenvalue weighted by Crippen LogP contribution is 2.34. The van der Waals surface area contributed by atoms with Crippen LogP contribution < -0.4 is 21.7 Å². The first-order valence-corrected chi connectivity index (χ1v) is 7.79. The lowest BCUT2D eigenvalue weighted by Crippen LogP contribution is -2.38. The third-order valence-electron chi connectivity index (χ3n) is 4.46. The van der Waals surface area contributed by atoms with Crippen molar-refractivity contribution >= 4 is 35.6 Å². The zero-order valence-electron chi connectivity index (χ0n) is 13.0. The highest BCUT2D eigenvalue weighted by molar-refractivity contribution is 6.03. The first kappa shape index (κ1) is 17.6. The zero-order chi connectivity index (χ0) is 15.7. The molecule has 126 valence electrons. The molecule has 3 rings (SSSR count). The monoisotopic (exact) mass is 338 g/mol. The van der Waals surface area contributed by atoms with Crippen LogP contribution in [0.2, 0.25) is 0 Å². The van der Waals surface area contributed by atoms with E-state index in [1.54, 1.807) is 12.1 Å². The minimum atomic E-state index is -0.715. The molecule has 1 aromatic carbocycles. The number of hydrogen-bond acceptors (Lipinski definition) is 4. The van der Waals surface area contributed by atoms with Crippen molar-refractivity contribution in [2.45, 2.75) is 37.6 Å². The van der Waals surface area contributed by atoms with Gasteiger partial charge in [0.2, 0.25) is 5.91 Å². The minimum absolute atomic E-state index is 0. The molecule has 0 radical (unpaired) electrons. The number of piperidine rings is 1. The van der Waals surface area contributed by atoms with E-state index in [4.69, 9.17) is 11.5 Å². The highest BCUT2D eigenvalue weighted by atomic mass is 35.5. The zero-order valence-corrected chi connectivity index (χ0v) is 13.8. The fourth-order valence-electron chi connectivity index (χ4n) is 2.83. The van der Waals surface area contributed by atoms with E-state index in [1.165, 1.54) is 6.42 Å². The molecule has 1 aromatic rings. The summed E-state index contributed by atoms with van der Waals surface area (Å²) in [6, 6.07) is 5.21. The summed E-state index contributed by atoms with van der Waals surface area (Å²) in [5.41, 5.74) is 12.6. The molecule has 0 spiro atoms. The van der Waals surface area contributed by atoms with Crippen molar-refractivity contribution in [1.82, 2.24) is 0 Å². The van der Waals surface area contributed by atoms with Crippen molar-refractivity contribution in [3.8, 4) is 0 Å². The van der Waals surface area contributed by atoms with Gasteiger partial charge < -0.3 is 21.7 Å². The second-order valence-electron chi connectivity index (χ2n) is 6.25. The molecule has 0 atom stereocenters.